The third-order valence-corrected chi connectivity index (χ3v) is 3.99. The molecule has 3 atom stereocenters. The van der Waals surface area contributed by atoms with Gasteiger partial charge in [-0.1, -0.05) is 27.2 Å². The van der Waals surface area contributed by atoms with Crippen molar-refractivity contribution in [3.8, 4) is 0 Å². The van der Waals surface area contributed by atoms with Crippen LogP contribution in [0.4, 0.5) is 0 Å². The summed E-state index contributed by atoms with van der Waals surface area (Å²) in [6, 6.07) is 0.883. The minimum Gasteiger partial charge on any atom is -0.395 e. The quantitative estimate of drug-likeness (QED) is 0.749. The topological polar surface area (TPSA) is 49.5 Å². The molecule has 0 aliphatic carbocycles. The Hall–Kier alpha value is -0.120. The molecule has 0 saturated carbocycles. The third-order valence-electron chi connectivity index (χ3n) is 3.99. The summed E-state index contributed by atoms with van der Waals surface area (Å²) in [7, 11) is 0. The molecule has 3 N–H and O–H groups in total. The third kappa shape index (κ3) is 4.23. The summed E-state index contributed by atoms with van der Waals surface area (Å²) in [4.78, 5) is 2.47. The van der Waals surface area contributed by atoms with Gasteiger partial charge >= 0.3 is 0 Å². The minimum atomic E-state index is 0.104. The fourth-order valence-electron chi connectivity index (χ4n) is 3.09. The van der Waals surface area contributed by atoms with Crippen LogP contribution in [0.25, 0.3) is 0 Å². The van der Waals surface area contributed by atoms with Crippen molar-refractivity contribution in [2.45, 2.75) is 71.0 Å². The maximum atomic E-state index is 9.65. The highest BCUT2D eigenvalue weighted by Gasteiger charge is 2.31. The molecule has 1 fully saturated rings. The number of hydrogen-bond donors (Lipinski definition) is 2. The molecule has 3 unspecified atom stereocenters. The second-order valence-corrected chi connectivity index (χ2v) is 5.84. The van der Waals surface area contributed by atoms with E-state index in [1.54, 1.807) is 0 Å². The van der Waals surface area contributed by atoms with E-state index >= 15 is 0 Å². The summed E-state index contributed by atoms with van der Waals surface area (Å²) < 4.78 is 0. The van der Waals surface area contributed by atoms with E-state index in [1.807, 2.05) is 0 Å². The van der Waals surface area contributed by atoms with E-state index < -0.39 is 0 Å². The Morgan fingerprint density at radius 1 is 1.35 bits per heavy atom. The Labute approximate surface area is 106 Å². The molecule has 17 heavy (non-hydrogen) atoms. The Bertz CT molecular complexity index is 208. The molecule has 0 aromatic rings. The van der Waals surface area contributed by atoms with Gasteiger partial charge in [0.05, 0.1) is 6.61 Å². The van der Waals surface area contributed by atoms with Crippen molar-refractivity contribution >= 4 is 0 Å². The average molecular weight is 242 g/mol. The van der Waals surface area contributed by atoms with E-state index in [9.17, 15) is 5.11 Å². The van der Waals surface area contributed by atoms with E-state index in [4.69, 9.17) is 5.73 Å². The molecule has 0 aromatic heterocycles. The van der Waals surface area contributed by atoms with E-state index in [0.717, 1.165) is 13.0 Å². The Balaban J connectivity index is 2.63. The molecular weight excluding hydrogens is 212 g/mol. The first kappa shape index (κ1) is 14.9. The summed E-state index contributed by atoms with van der Waals surface area (Å²) in [5.74, 6) is 0.601. The summed E-state index contributed by atoms with van der Waals surface area (Å²) in [6.45, 7) is 7.94. The van der Waals surface area contributed by atoms with E-state index in [-0.39, 0.29) is 18.7 Å². The van der Waals surface area contributed by atoms with Crippen LogP contribution in [-0.2, 0) is 0 Å². The van der Waals surface area contributed by atoms with Crippen LogP contribution in [0, 0.1) is 5.92 Å². The van der Waals surface area contributed by atoms with Gasteiger partial charge in [-0.2, -0.15) is 0 Å². The van der Waals surface area contributed by atoms with E-state index in [0.29, 0.717) is 12.0 Å². The lowest BCUT2D eigenvalue weighted by atomic mass is 9.92. The zero-order chi connectivity index (χ0) is 12.8. The Kier molecular flexibility index (Phi) is 6.45. The van der Waals surface area contributed by atoms with Crippen LogP contribution in [0.3, 0.4) is 0 Å². The maximum absolute atomic E-state index is 9.65. The monoisotopic (exact) mass is 242 g/mol. The molecule has 0 amide bonds. The van der Waals surface area contributed by atoms with E-state index in [2.05, 4.69) is 25.7 Å². The molecule has 3 heteroatoms. The first-order valence-electron chi connectivity index (χ1n) is 7.22. The minimum absolute atomic E-state index is 0.104. The smallest absolute Gasteiger partial charge is 0.0602 e. The number of nitrogens with two attached hydrogens (primary N) is 1. The van der Waals surface area contributed by atoms with Crippen molar-refractivity contribution in [3.63, 3.8) is 0 Å². The number of piperidine rings is 1. The molecule has 1 aliphatic heterocycles. The summed E-state index contributed by atoms with van der Waals surface area (Å²) >= 11 is 0. The van der Waals surface area contributed by atoms with Gasteiger partial charge in [-0.05, 0) is 38.1 Å². The highest BCUT2D eigenvalue weighted by Crippen LogP contribution is 2.24. The first-order valence-corrected chi connectivity index (χ1v) is 7.22. The van der Waals surface area contributed by atoms with Crippen molar-refractivity contribution in [1.29, 1.82) is 0 Å². The molecule has 0 aromatic carbocycles. The molecule has 0 spiro atoms. The van der Waals surface area contributed by atoms with Crippen molar-refractivity contribution < 1.29 is 5.11 Å². The lowest BCUT2D eigenvalue weighted by Crippen LogP contribution is -2.55. The molecule has 1 saturated heterocycles. The maximum Gasteiger partial charge on any atom is 0.0602 e. The fourth-order valence-corrected chi connectivity index (χ4v) is 3.09. The highest BCUT2D eigenvalue weighted by atomic mass is 16.3. The standard InChI is InChI=1S/C14H30N2O/c1-4-12-7-5-6-8-16(12)14(10-17)13(15)9-11(2)3/h11-14,17H,4-10,15H2,1-3H3. The predicted octanol–water partition coefficient (Wildman–Crippen LogP) is 1.99. The zero-order valence-corrected chi connectivity index (χ0v) is 11.7. The fraction of sp³-hybridized carbons (Fsp3) is 1.00. The zero-order valence-electron chi connectivity index (χ0n) is 11.7. The van der Waals surface area contributed by atoms with Crippen LogP contribution in [0.1, 0.15) is 52.9 Å². The van der Waals surface area contributed by atoms with Crippen molar-refractivity contribution in [3.05, 3.63) is 0 Å². The normalized spacial score (nSPS) is 26.1. The average Bonchev–Trinajstić information content (AvgIpc) is 2.29. The summed E-state index contributed by atoms with van der Waals surface area (Å²) in [5.41, 5.74) is 6.28. The largest absolute Gasteiger partial charge is 0.395 e. The number of rotatable bonds is 6. The lowest BCUT2D eigenvalue weighted by molar-refractivity contribution is 0.0382. The molecule has 1 rings (SSSR count). The molecule has 1 heterocycles. The molecule has 0 bridgehead atoms. The molecular formula is C14H30N2O. The molecule has 102 valence electrons. The number of aliphatic hydroxyl groups excluding tert-OH is 1. The van der Waals surface area contributed by atoms with Gasteiger partial charge < -0.3 is 10.8 Å². The van der Waals surface area contributed by atoms with Crippen LogP contribution < -0.4 is 5.73 Å². The van der Waals surface area contributed by atoms with Gasteiger partial charge in [0.15, 0.2) is 0 Å². The first-order chi connectivity index (χ1) is 8.10. The van der Waals surface area contributed by atoms with Gasteiger partial charge in [-0.15, -0.1) is 0 Å². The van der Waals surface area contributed by atoms with Gasteiger partial charge in [0, 0.05) is 18.1 Å². The van der Waals surface area contributed by atoms with Crippen molar-refractivity contribution in [2.24, 2.45) is 11.7 Å². The number of hydrogen-bond acceptors (Lipinski definition) is 3. The van der Waals surface area contributed by atoms with Gasteiger partial charge in [0.1, 0.15) is 0 Å². The second kappa shape index (κ2) is 7.34. The predicted molar refractivity (Wildman–Crippen MR) is 72.9 cm³/mol. The van der Waals surface area contributed by atoms with Crippen LogP contribution in [0.2, 0.25) is 0 Å². The van der Waals surface area contributed by atoms with Crippen molar-refractivity contribution in [1.82, 2.24) is 4.90 Å². The number of likely N-dealkylation sites (tertiary alicyclic amines) is 1. The molecule has 0 radical (unpaired) electrons. The summed E-state index contributed by atoms with van der Waals surface area (Å²) in [6.07, 6.45) is 6.01. The van der Waals surface area contributed by atoms with Crippen LogP contribution in [0.15, 0.2) is 0 Å². The Morgan fingerprint density at radius 2 is 2.06 bits per heavy atom. The van der Waals surface area contributed by atoms with Gasteiger partial charge in [0.2, 0.25) is 0 Å². The van der Waals surface area contributed by atoms with Crippen LogP contribution in [0.5, 0.6) is 0 Å². The van der Waals surface area contributed by atoms with Crippen LogP contribution >= 0.6 is 0 Å². The number of nitrogens with zero attached hydrogens (tertiary/aromatic N) is 1. The van der Waals surface area contributed by atoms with E-state index in [1.165, 1.54) is 25.7 Å². The second-order valence-electron chi connectivity index (χ2n) is 5.84. The molecule has 1 aliphatic rings. The Morgan fingerprint density at radius 3 is 2.59 bits per heavy atom. The summed E-state index contributed by atoms with van der Waals surface area (Å²) in [5, 5.41) is 9.65. The molecule has 3 nitrogen and oxygen atoms in total. The van der Waals surface area contributed by atoms with Crippen LogP contribution in [-0.4, -0.2) is 41.3 Å². The van der Waals surface area contributed by atoms with Crippen molar-refractivity contribution in [2.75, 3.05) is 13.2 Å². The van der Waals surface area contributed by atoms with Gasteiger partial charge in [-0.25, -0.2) is 0 Å². The highest BCUT2D eigenvalue weighted by molar-refractivity contribution is 4.88. The number of aliphatic hydroxyl groups is 1. The van der Waals surface area contributed by atoms with Gasteiger partial charge in [0.25, 0.3) is 0 Å². The van der Waals surface area contributed by atoms with Gasteiger partial charge in [-0.3, -0.25) is 4.90 Å². The lowest BCUT2D eigenvalue weighted by Gasteiger charge is -2.43. The SMILES string of the molecule is CCC1CCCCN1C(CO)C(N)CC(C)C.